The average molecular weight is 554 g/mol. The van der Waals surface area contributed by atoms with E-state index in [-0.39, 0.29) is 18.3 Å². The maximum absolute atomic E-state index is 12.4. The van der Waals surface area contributed by atoms with Gasteiger partial charge < -0.3 is 15.2 Å². The van der Waals surface area contributed by atoms with Crippen molar-refractivity contribution in [2.24, 2.45) is 5.92 Å². The van der Waals surface area contributed by atoms with Crippen LogP contribution in [0.4, 0.5) is 0 Å². The summed E-state index contributed by atoms with van der Waals surface area (Å²) in [6, 6.07) is 0. The third-order valence-corrected chi connectivity index (χ3v) is 7.44. The van der Waals surface area contributed by atoms with Crippen LogP contribution in [0.2, 0.25) is 0 Å². The van der Waals surface area contributed by atoms with Gasteiger partial charge in [0.2, 0.25) is 5.91 Å². The van der Waals surface area contributed by atoms with Crippen molar-refractivity contribution in [2.75, 3.05) is 6.54 Å². The van der Waals surface area contributed by atoms with Crippen molar-refractivity contribution in [2.45, 2.75) is 181 Å². The van der Waals surface area contributed by atoms with Crippen LogP contribution in [0.15, 0.2) is 0 Å². The topological polar surface area (TPSA) is 92.7 Å². The molecule has 0 aromatic rings. The van der Waals surface area contributed by atoms with Gasteiger partial charge in [0.15, 0.2) is 0 Å². The summed E-state index contributed by atoms with van der Waals surface area (Å²) in [5.74, 6) is -0.879. The molecule has 0 saturated carbocycles. The standard InChI is InChI=1S/C33H63NO5/c1-4-5-6-7-8-9-10-14-17-20-23-26-33(38)39-30(27-31(35)34-28-32(36)37)25-22-19-16-13-11-12-15-18-21-24-29(2)3/h29-30H,4-28H2,1-3H3,(H,34,35)(H,36,37). The number of carboxylic acids is 1. The Labute approximate surface area is 240 Å². The highest BCUT2D eigenvalue weighted by Crippen LogP contribution is 2.17. The van der Waals surface area contributed by atoms with Crippen molar-refractivity contribution in [3.8, 4) is 0 Å². The Balaban J connectivity index is 4.07. The molecule has 0 aliphatic carbocycles. The van der Waals surface area contributed by atoms with E-state index in [4.69, 9.17) is 9.84 Å². The Kier molecular flexibility index (Phi) is 26.8. The summed E-state index contributed by atoms with van der Waals surface area (Å²) in [6.07, 6.45) is 26.4. The Morgan fingerprint density at radius 3 is 1.54 bits per heavy atom. The molecule has 0 aliphatic heterocycles. The zero-order chi connectivity index (χ0) is 29.0. The fourth-order valence-corrected chi connectivity index (χ4v) is 5.00. The molecule has 0 aliphatic rings. The van der Waals surface area contributed by atoms with Crippen LogP contribution in [0.5, 0.6) is 0 Å². The summed E-state index contributed by atoms with van der Waals surface area (Å²) < 4.78 is 5.67. The summed E-state index contributed by atoms with van der Waals surface area (Å²) in [7, 11) is 0. The van der Waals surface area contributed by atoms with E-state index in [2.05, 4.69) is 26.1 Å². The van der Waals surface area contributed by atoms with Gasteiger partial charge in [0.1, 0.15) is 12.6 Å². The fourth-order valence-electron chi connectivity index (χ4n) is 5.00. The van der Waals surface area contributed by atoms with Gasteiger partial charge in [-0.3, -0.25) is 14.4 Å². The predicted molar refractivity (Wildman–Crippen MR) is 162 cm³/mol. The highest BCUT2D eigenvalue weighted by atomic mass is 16.5. The SMILES string of the molecule is CCCCCCCCCCCCCC(=O)OC(CCCCCCCCCCCC(C)C)CC(=O)NCC(=O)O. The number of carboxylic acid groups (broad SMARTS) is 1. The van der Waals surface area contributed by atoms with Crippen LogP contribution in [0.25, 0.3) is 0 Å². The van der Waals surface area contributed by atoms with Crippen molar-refractivity contribution >= 4 is 17.8 Å². The van der Waals surface area contributed by atoms with E-state index in [1.54, 1.807) is 0 Å². The number of rotatable bonds is 29. The van der Waals surface area contributed by atoms with Gasteiger partial charge in [-0.2, -0.15) is 0 Å². The molecule has 0 fully saturated rings. The Hall–Kier alpha value is -1.59. The van der Waals surface area contributed by atoms with E-state index in [0.29, 0.717) is 12.8 Å². The first-order chi connectivity index (χ1) is 18.8. The predicted octanol–water partition coefficient (Wildman–Crippen LogP) is 9.14. The maximum atomic E-state index is 12.4. The molecule has 0 aromatic heterocycles. The number of esters is 1. The second-order valence-electron chi connectivity index (χ2n) is 11.9. The van der Waals surface area contributed by atoms with Crippen molar-refractivity contribution in [1.29, 1.82) is 0 Å². The van der Waals surface area contributed by atoms with Crippen LogP contribution in [-0.4, -0.2) is 35.6 Å². The largest absolute Gasteiger partial charge is 0.480 e. The zero-order valence-corrected chi connectivity index (χ0v) is 25.9. The van der Waals surface area contributed by atoms with Crippen molar-refractivity contribution in [3.05, 3.63) is 0 Å². The minimum absolute atomic E-state index is 0.0354. The summed E-state index contributed by atoms with van der Waals surface area (Å²) in [6.45, 7) is 6.41. The van der Waals surface area contributed by atoms with E-state index >= 15 is 0 Å². The molecular weight excluding hydrogens is 490 g/mol. The van der Waals surface area contributed by atoms with Crippen molar-refractivity contribution < 1.29 is 24.2 Å². The summed E-state index contributed by atoms with van der Waals surface area (Å²) >= 11 is 0. The molecule has 1 atom stereocenters. The number of aliphatic carboxylic acids is 1. The first-order valence-electron chi connectivity index (χ1n) is 16.5. The first kappa shape index (κ1) is 37.4. The van der Waals surface area contributed by atoms with Gasteiger partial charge in [-0.05, 0) is 25.2 Å². The molecule has 0 bridgehead atoms. The minimum atomic E-state index is -1.08. The minimum Gasteiger partial charge on any atom is -0.480 e. The molecule has 0 rings (SSSR count). The molecule has 230 valence electrons. The summed E-state index contributed by atoms with van der Waals surface area (Å²) in [5, 5.41) is 11.2. The van der Waals surface area contributed by atoms with Crippen LogP contribution in [0.1, 0.15) is 175 Å². The van der Waals surface area contributed by atoms with Gasteiger partial charge >= 0.3 is 11.9 Å². The number of carbonyl (C=O) groups excluding carboxylic acids is 2. The lowest BCUT2D eigenvalue weighted by atomic mass is 10.0. The number of hydrogen-bond acceptors (Lipinski definition) is 4. The number of unbranched alkanes of at least 4 members (excludes halogenated alkanes) is 18. The van der Waals surface area contributed by atoms with E-state index in [1.165, 1.54) is 96.3 Å². The average Bonchev–Trinajstić information content (AvgIpc) is 2.88. The first-order valence-corrected chi connectivity index (χ1v) is 16.5. The monoisotopic (exact) mass is 553 g/mol. The van der Waals surface area contributed by atoms with Crippen LogP contribution in [-0.2, 0) is 19.1 Å². The Morgan fingerprint density at radius 1 is 0.641 bits per heavy atom. The van der Waals surface area contributed by atoms with Crippen LogP contribution in [0, 0.1) is 5.92 Å². The molecule has 0 radical (unpaired) electrons. The molecule has 1 unspecified atom stereocenters. The maximum Gasteiger partial charge on any atom is 0.322 e. The molecule has 6 nitrogen and oxygen atoms in total. The zero-order valence-electron chi connectivity index (χ0n) is 25.9. The second-order valence-corrected chi connectivity index (χ2v) is 11.9. The molecule has 1 amide bonds. The lowest BCUT2D eigenvalue weighted by molar-refractivity contribution is -0.151. The van der Waals surface area contributed by atoms with Crippen LogP contribution in [0.3, 0.4) is 0 Å². The lowest BCUT2D eigenvalue weighted by Crippen LogP contribution is -2.33. The van der Waals surface area contributed by atoms with Crippen LogP contribution < -0.4 is 5.32 Å². The number of nitrogens with one attached hydrogen (secondary N) is 1. The number of carbonyl (C=O) groups is 3. The molecule has 2 N–H and O–H groups in total. The number of ether oxygens (including phenoxy) is 1. The number of hydrogen-bond donors (Lipinski definition) is 2. The summed E-state index contributed by atoms with van der Waals surface area (Å²) in [5.41, 5.74) is 0. The summed E-state index contributed by atoms with van der Waals surface area (Å²) in [4.78, 5) is 35.3. The van der Waals surface area contributed by atoms with Gasteiger partial charge in [0.05, 0.1) is 6.42 Å². The molecule has 6 heteroatoms. The smallest absolute Gasteiger partial charge is 0.322 e. The van der Waals surface area contributed by atoms with Crippen molar-refractivity contribution in [1.82, 2.24) is 5.32 Å². The van der Waals surface area contributed by atoms with Gasteiger partial charge in [-0.15, -0.1) is 0 Å². The van der Waals surface area contributed by atoms with Gasteiger partial charge in [0.25, 0.3) is 0 Å². The third kappa shape index (κ3) is 29.2. The van der Waals surface area contributed by atoms with Gasteiger partial charge in [-0.25, -0.2) is 0 Å². The third-order valence-electron chi connectivity index (χ3n) is 7.44. The highest BCUT2D eigenvalue weighted by molar-refractivity contribution is 5.81. The quantitative estimate of drug-likeness (QED) is 0.0711. The normalized spacial score (nSPS) is 12.0. The lowest BCUT2D eigenvalue weighted by Gasteiger charge is -2.18. The number of amides is 1. The van der Waals surface area contributed by atoms with Gasteiger partial charge in [0, 0.05) is 6.42 Å². The molecule has 0 saturated heterocycles. The second kappa shape index (κ2) is 28.0. The Bertz CT molecular complexity index is 593. The molecule has 39 heavy (non-hydrogen) atoms. The fraction of sp³-hybridized carbons (Fsp3) is 0.909. The molecule has 0 aromatic carbocycles. The molecule has 0 spiro atoms. The molecular formula is C33H63NO5. The van der Waals surface area contributed by atoms with Crippen molar-refractivity contribution in [3.63, 3.8) is 0 Å². The van der Waals surface area contributed by atoms with E-state index < -0.39 is 18.6 Å². The van der Waals surface area contributed by atoms with E-state index in [1.807, 2.05) is 0 Å². The van der Waals surface area contributed by atoms with E-state index in [9.17, 15) is 14.4 Å². The van der Waals surface area contributed by atoms with E-state index in [0.717, 1.165) is 44.4 Å². The highest BCUT2D eigenvalue weighted by Gasteiger charge is 2.18. The van der Waals surface area contributed by atoms with Gasteiger partial charge in [-0.1, -0.05) is 143 Å². The Morgan fingerprint density at radius 2 is 1.08 bits per heavy atom. The van der Waals surface area contributed by atoms with Crippen LogP contribution >= 0.6 is 0 Å². The molecule has 0 heterocycles.